The van der Waals surface area contributed by atoms with Crippen molar-refractivity contribution in [2.45, 2.75) is 56.3 Å². The van der Waals surface area contributed by atoms with Gasteiger partial charge < -0.3 is 19.1 Å². The zero-order valence-corrected chi connectivity index (χ0v) is 24.8. The second kappa shape index (κ2) is 13.2. The molecule has 3 aromatic rings. The zero-order chi connectivity index (χ0) is 30.6. The van der Waals surface area contributed by atoms with Crippen LogP contribution in [0.5, 0.6) is 17.2 Å². The van der Waals surface area contributed by atoms with E-state index in [1.165, 1.54) is 18.3 Å². The minimum absolute atomic E-state index is 0.00870. The zero-order valence-electron chi connectivity index (χ0n) is 24.0. The lowest BCUT2D eigenvalue weighted by Gasteiger charge is -2.29. The maximum atomic E-state index is 15.0. The SMILES string of the molecule is CC[C@@H](Oc1ccc(C(=O)NS(=O)(=O)c2ccc(OC3CCN(C)CC3)cn2)c(F)c1F)c1ccc(OCC2CC2)cn1. The predicted molar refractivity (Wildman–Crippen MR) is 153 cm³/mol. The Morgan fingerprint density at radius 2 is 1.72 bits per heavy atom. The molecule has 0 unspecified atom stereocenters. The van der Waals surface area contributed by atoms with Crippen LogP contribution in [-0.4, -0.2) is 62.0 Å². The van der Waals surface area contributed by atoms with E-state index in [0.29, 0.717) is 36.1 Å². The largest absolute Gasteiger partial charge is 0.492 e. The Balaban J connectivity index is 1.21. The molecule has 3 heterocycles. The Bertz CT molecular complexity index is 1530. The van der Waals surface area contributed by atoms with E-state index in [1.54, 1.807) is 30.0 Å². The van der Waals surface area contributed by atoms with Gasteiger partial charge in [-0.3, -0.25) is 9.78 Å². The first-order valence-corrected chi connectivity index (χ1v) is 15.7. The number of hydrogen-bond donors (Lipinski definition) is 1. The summed E-state index contributed by atoms with van der Waals surface area (Å²) in [5, 5.41) is -0.473. The van der Waals surface area contributed by atoms with Crippen LogP contribution in [0.15, 0.2) is 53.8 Å². The molecule has 0 radical (unpaired) electrons. The Morgan fingerprint density at radius 1 is 1.00 bits per heavy atom. The third-order valence-electron chi connectivity index (χ3n) is 7.38. The standard InChI is InChI=1S/C30H34F2N4O6S/c1-3-25(24-9-6-21(16-33-24)40-18-19-4-5-19)42-26-10-8-23(28(31)29(26)32)30(37)35-43(38,39)27-11-7-22(17-34-27)41-20-12-14-36(2)15-13-20/h6-11,16-17,19-20,25H,3-5,12-15,18H2,1-2H3,(H,35,37)/t25-/m1/s1. The lowest BCUT2D eigenvalue weighted by molar-refractivity contribution is 0.0975. The van der Waals surface area contributed by atoms with Gasteiger partial charge in [-0.1, -0.05) is 6.92 Å². The monoisotopic (exact) mass is 616 g/mol. The van der Waals surface area contributed by atoms with Gasteiger partial charge in [0.25, 0.3) is 15.9 Å². The van der Waals surface area contributed by atoms with Crippen molar-refractivity contribution in [1.29, 1.82) is 0 Å². The first-order chi connectivity index (χ1) is 20.6. The van der Waals surface area contributed by atoms with E-state index in [2.05, 4.69) is 14.9 Å². The Hall–Kier alpha value is -3.84. The van der Waals surface area contributed by atoms with Gasteiger partial charge in [-0.2, -0.15) is 12.8 Å². The van der Waals surface area contributed by atoms with Gasteiger partial charge in [0.1, 0.15) is 23.7 Å². The number of piperidine rings is 1. The fraction of sp³-hybridized carbons (Fsp3) is 0.433. The van der Waals surface area contributed by atoms with Crippen molar-refractivity contribution in [3.63, 3.8) is 0 Å². The molecule has 0 spiro atoms. The highest BCUT2D eigenvalue weighted by molar-refractivity contribution is 7.90. The number of nitrogens with zero attached hydrogens (tertiary/aromatic N) is 3. The number of ether oxygens (including phenoxy) is 3. The lowest BCUT2D eigenvalue weighted by atomic mass is 10.1. The topological polar surface area (TPSA) is 120 Å². The summed E-state index contributed by atoms with van der Waals surface area (Å²) in [5.41, 5.74) is -0.316. The van der Waals surface area contributed by atoms with Crippen LogP contribution in [0.1, 0.15) is 61.2 Å². The highest BCUT2D eigenvalue weighted by Gasteiger charge is 2.27. The molecular formula is C30H34F2N4O6S. The molecule has 13 heteroatoms. The van der Waals surface area contributed by atoms with Crippen molar-refractivity contribution in [2.24, 2.45) is 5.92 Å². The molecule has 1 aliphatic carbocycles. The summed E-state index contributed by atoms with van der Waals surface area (Å²) in [6, 6.07) is 8.08. The van der Waals surface area contributed by atoms with Crippen molar-refractivity contribution in [3.8, 4) is 17.2 Å². The van der Waals surface area contributed by atoms with Gasteiger partial charge in [0.15, 0.2) is 16.6 Å². The number of carbonyl (C=O) groups is 1. The van der Waals surface area contributed by atoms with Crippen LogP contribution in [0.3, 0.4) is 0 Å². The number of carbonyl (C=O) groups excluding carboxylic acids is 1. The van der Waals surface area contributed by atoms with Crippen LogP contribution in [0, 0.1) is 17.6 Å². The molecule has 5 rings (SSSR count). The van der Waals surface area contributed by atoms with E-state index in [-0.39, 0.29) is 6.10 Å². The molecule has 10 nitrogen and oxygen atoms in total. The van der Waals surface area contributed by atoms with E-state index in [9.17, 15) is 22.0 Å². The summed E-state index contributed by atoms with van der Waals surface area (Å²) >= 11 is 0. The molecule has 1 amide bonds. The van der Waals surface area contributed by atoms with Gasteiger partial charge in [0.2, 0.25) is 5.82 Å². The maximum Gasteiger partial charge on any atom is 0.281 e. The molecule has 1 saturated carbocycles. The average molecular weight is 617 g/mol. The minimum Gasteiger partial charge on any atom is -0.492 e. The average Bonchev–Trinajstić information content (AvgIpc) is 3.83. The van der Waals surface area contributed by atoms with E-state index < -0.39 is 50.0 Å². The molecule has 1 aliphatic heterocycles. The second-order valence-corrected chi connectivity index (χ2v) is 12.4. The molecule has 1 saturated heterocycles. The highest BCUT2D eigenvalue weighted by Crippen LogP contribution is 2.31. The Kier molecular flexibility index (Phi) is 9.40. The number of halogens is 2. The van der Waals surface area contributed by atoms with Crippen LogP contribution in [0.2, 0.25) is 0 Å². The van der Waals surface area contributed by atoms with Crippen LogP contribution in [0.25, 0.3) is 0 Å². The van der Waals surface area contributed by atoms with Crippen LogP contribution in [-0.2, 0) is 10.0 Å². The molecule has 1 aromatic carbocycles. The maximum absolute atomic E-state index is 15.0. The fourth-order valence-corrected chi connectivity index (χ4v) is 5.49. The number of likely N-dealkylation sites (tertiary alicyclic amines) is 1. The summed E-state index contributed by atoms with van der Waals surface area (Å²) in [5.74, 6) is -3.19. The molecule has 0 bridgehead atoms. The van der Waals surface area contributed by atoms with Crippen molar-refractivity contribution >= 4 is 15.9 Å². The highest BCUT2D eigenvalue weighted by atomic mass is 32.2. The van der Waals surface area contributed by atoms with Gasteiger partial charge in [-0.25, -0.2) is 14.1 Å². The molecule has 1 atom stereocenters. The van der Waals surface area contributed by atoms with Gasteiger partial charge in [-0.05, 0) is 81.5 Å². The third kappa shape index (κ3) is 7.77. The predicted octanol–water partition coefficient (Wildman–Crippen LogP) is 4.67. The number of rotatable bonds is 12. The molecule has 2 aromatic heterocycles. The van der Waals surface area contributed by atoms with Gasteiger partial charge >= 0.3 is 0 Å². The Labute approximate surface area is 249 Å². The number of hydrogen-bond acceptors (Lipinski definition) is 9. The molecule has 1 N–H and O–H groups in total. The number of aromatic nitrogens is 2. The minimum atomic E-state index is -4.48. The van der Waals surface area contributed by atoms with E-state index in [1.807, 2.05) is 7.05 Å². The molecule has 43 heavy (non-hydrogen) atoms. The molecule has 2 aliphatic rings. The number of sulfonamides is 1. The molecule has 230 valence electrons. The molecule has 2 fully saturated rings. The quantitative estimate of drug-likeness (QED) is 0.310. The smallest absolute Gasteiger partial charge is 0.281 e. The first-order valence-electron chi connectivity index (χ1n) is 14.2. The number of pyridine rings is 2. The summed E-state index contributed by atoms with van der Waals surface area (Å²) in [4.78, 5) is 23.1. The van der Waals surface area contributed by atoms with Crippen LogP contribution >= 0.6 is 0 Å². The second-order valence-electron chi connectivity index (χ2n) is 10.8. The van der Waals surface area contributed by atoms with Gasteiger partial charge in [0.05, 0.1) is 30.3 Å². The van der Waals surface area contributed by atoms with E-state index in [0.717, 1.165) is 50.9 Å². The van der Waals surface area contributed by atoms with Crippen molar-refractivity contribution in [2.75, 3.05) is 26.7 Å². The van der Waals surface area contributed by atoms with Crippen LogP contribution < -0.4 is 18.9 Å². The molecular weight excluding hydrogens is 582 g/mol. The number of nitrogens with one attached hydrogen (secondary N) is 1. The fourth-order valence-electron chi connectivity index (χ4n) is 4.59. The van der Waals surface area contributed by atoms with Crippen molar-refractivity contribution in [1.82, 2.24) is 19.6 Å². The van der Waals surface area contributed by atoms with Crippen molar-refractivity contribution in [3.05, 3.63) is 71.7 Å². The normalized spacial score (nSPS) is 16.8. The van der Waals surface area contributed by atoms with Crippen molar-refractivity contribution < 1.29 is 36.2 Å². The van der Waals surface area contributed by atoms with E-state index >= 15 is 0 Å². The summed E-state index contributed by atoms with van der Waals surface area (Å²) in [6.45, 7) is 4.21. The summed E-state index contributed by atoms with van der Waals surface area (Å²) in [6.07, 6.45) is 6.47. The Morgan fingerprint density at radius 3 is 2.35 bits per heavy atom. The number of benzene rings is 1. The number of amides is 1. The summed E-state index contributed by atoms with van der Waals surface area (Å²) in [7, 11) is -2.46. The summed E-state index contributed by atoms with van der Waals surface area (Å²) < 4.78 is 74.5. The van der Waals surface area contributed by atoms with Gasteiger partial charge in [-0.15, -0.1) is 0 Å². The lowest BCUT2D eigenvalue weighted by Crippen LogP contribution is -2.35. The van der Waals surface area contributed by atoms with Gasteiger partial charge in [0, 0.05) is 13.1 Å². The van der Waals surface area contributed by atoms with E-state index in [4.69, 9.17) is 14.2 Å². The first kappa shape index (κ1) is 30.6. The third-order valence-corrected chi connectivity index (χ3v) is 8.63. The van der Waals surface area contributed by atoms with Crippen LogP contribution in [0.4, 0.5) is 8.78 Å².